The number of hydrogen-bond acceptors (Lipinski definition) is 1. The van der Waals surface area contributed by atoms with Crippen LogP contribution in [-0.2, 0) is 0 Å². The third-order valence-electron chi connectivity index (χ3n) is 2.98. The third-order valence-corrected chi connectivity index (χ3v) is 2.98. The molecule has 0 spiro atoms. The largest absolute Gasteiger partial charge is 0.317 e. The van der Waals surface area contributed by atoms with Gasteiger partial charge in [-0.15, -0.1) is 0 Å². The summed E-state index contributed by atoms with van der Waals surface area (Å²) in [5.41, 5.74) is 0. The van der Waals surface area contributed by atoms with E-state index < -0.39 is 0 Å². The Morgan fingerprint density at radius 3 is 1.89 bits per heavy atom. The Hall–Kier alpha value is -0.0400. The molecule has 0 amide bonds. The molecule has 3 aliphatic rings. The van der Waals surface area contributed by atoms with Gasteiger partial charge in [0.1, 0.15) is 0 Å². The van der Waals surface area contributed by atoms with Crippen molar-refractivity contribution in [2.45, 2.75) is 31.7 Å². The minimum absolute atomic E-state index is 0.863. The van der Waals surface area contributed by atoms with Gasteiger partial charge in [0.05, 0.1) is 0 Å². The van der Waals surface area contributed by atoms with Gasteiger partial charge in [-0.25, -0.2) is 0 Å². The van der Waals surface area contributed by atoms with E-state index in [9.17, 15) is 0 Å². The fourth-order valence-corrected chi connectivity index (χ4v) is 2.40. The van der Waals surface area contributed by atoms with E-state index in [0.717, 1.165) is 17.9 Å². The maximum absolute atomic E-state index is 3.36. The van der Waals surface area contributed by atoms with Gasteiger partial charge in [0.25, 0.3) is 0 Å². The molecule has 2 bridgehead atoms. The summed E-state index contributed by atoms with van der Waals surface area (Å²) in [7, 11) is 2.09. The maximum atomic E-state index is 3.36. The highest BCUT2D eigenvalue weighted by molar-refractivity contribution is 4.91. The average molecular weight is 125 g/mol. The first kappa shape index (κ1) is 5.72. The van der Waals surface area contributed by atoms with E-state index in [-0.39, 0.29) is 0 Å². The Kier molecular flexibility index (Phi) is 1.26. The van der Waals surface area contributed by atoms with Gasteiger partial charge < -0.3 is 5.32 Å². The summed E-state index contributed by atoms with van der Waals surface area (Å²) in [6.45, 7) is 0. The van der Waals surface area contributed by atoms with Crippen LogP contribution < -0.4 is 5.32 Å². The zero-order valence-corrected chi connectivity index (χ0v) is 6.06. The molecule has 0 heterocycles. The minimum Gasteiger partial charge on any atom is -0.317 e. The van der Waals surface area contributed by atoms with Gasteiger partial charge in [-0.05, 0) is 44.6 Å². The third kappa shape index (κ3) is 0.877. The molecule has 52 valence electrons. The van der Waals surface area contributed by atoms with Crippen molar-refractivity contribution in [3.05, 3.63) is 0 Å². The maximum Gasteiger partial charge on any atom is 0.00693 e. The van der Waals surface area contributed by atoms with Gasteiger partial charge in [-0.2, -0.15) is 0 Å². The first-order chi connectivity index (χ1) is 4.38. The lowest BCUT2D eigenvalue weighted by Crippen LogP contribution is -2.42. The molecule has 0 radical (unpaired) electrons. The Morgan fingerprint density at radius 1 is 1.00 bits per heavy atom. The average Bonchev–Trinajstić information content (AvgIpc) is 1.87. The second-order valence-electron chi connectivity index (χ2n) is 3.66. The predicted molar refractivity (Wildman–Crippen MR) is 38.3 cm³/mol. The summed E-state index contributed by atoms with van der Waals surface area (Å²) in [5, 5.41) is 3.36. The molecule has 3 aliphatic carbocycles. The highest BCUT2D eigenvalue weighted by Crippen LogP contribution is 2.45. The first-order valence-corrected chi connectivity index (χ1v) is 4.05. The van der Waals surface area contributed by atoms with Gasteiger partial charge in [0, 0.05) is 6.04 Å². The minimum atomic E-state index is 0.863. The molecule has 0 saturated heterocycles. The first-order valence-electron chi connectivity index (χ1n) is 4.05. The Morgan fingerprint density at radius 2 is 1.56 bits per heavy atom. The van der Waals surface area contributed by atoms with Crippen molar-refractivity contribution in [1.29, 1.82) is 0 Å². The van der Waals surface area contributed by atoms with Gasteiger partial charge in [0.15, 0.2) is 0 Å². The molecule has 0 atom stereocenters. The van der Waals surface area contributed by atoms with Crippen LogP contribution in [0, 0.1) is 11.8 Å². The van der Waals surface area contributed by atoms with Crippen molar-refractivity contribution in [1.82, 2.24) is 5.32 Å². The topological polar surface area (TPSA) is 12.0 Å². The van der Waals surface area contributed by atoms with Crippen molar-refractivity contribution in [3.63, 3.8) is 0 Å². The number of hydrogen-bond donors (Lipinski definition) is 1. The summed E-state index contributed by atoms with van der Waals surface area (Å²) < 4.78 is 0. The fourth-order valence-electron chi connectivity index (χ4n) is 2.40. The molecule has 0 aromatic carbocycles. The molecule has 9 heavy (non-hydrogen) atoms. The Balaban J connectivity index is 1.89. The quantitative estimate of drug-likeness (QED) is 0.558. The monoisotopic (exact) mass is 125 g/mol. The SMILES string of the molecule is CNC1CC2CC(C2)C1. The summed E-state index contributed by atoms with van der Waals surface area (Å²) in [6.07, 6.45) is 5.98. The van der Waals surface area contributed by atoms with Crippen molar-refractivity contribution in [2.24, 2.45) is 11.8 Å². The Labute approximate surface area is 56.8 Å². The molecule has 1 heteroatoms. The molecule has 0 unspecified atom stereocenters. The van der Waals surface area contributed by atoms with Crippen molar-refractivity contribution < 1.29 is 0 Å². The second-order valence-corrected chi connectivity index (χ2v) is 3.66. The lowest BCUT2D eigenvalue weighted by atomic mass is 9.63. The molecule has 1 N–H and O–H groups in total. The van der Waals surface area contributed by atoms with E-state index in [1.165, 1.54) is 25.7 Å². The van der Waals surface area contributed by atoms with Crippen LogP contribution in [0.3, 0.4) is 0 Å². The standard InChI is InChI=1S/C8H15N/c1-9-8-4-6-2-7(3-6)5-8/h6-9H,2-5H2,1H3. The van der Waals surface area contributed by atoms with E-state index in [1.807, 2.05) is 0 Å². The molecule has 1 nitrogen and oxygen atoms in total. The van der Waals surface area contributed by atoms with Crippen LogP contribution in [0.2, 0.25) is 0 Å². The molecule has 3 saturated carbocycles. The van der Waals surface area contributed by atoms with Crippen LogP contribution in [-0.4, -0.2) is 13.1 Å². The van der Waals surface area contributed by atoms with Gasteiger partial charge in [-0.1, -0.05) is 0 Å². The second kappa shape index (κ2) is 1.98. The molecule has 3 rings (SSSR count). The van der Waals surface area contributed by atoms with Crippen LogP contribution in [0.1, 0.15) is 25.7 Å². The van der Waals surface area contributed by atoms with E-state index in [4.69, 9.17) is 0 Å². The number of fused-ring (bicyclic) bond motifs is 2. The zero-order chi connectivity index (χ0) is 6.27. The lowest BCUT2D eigenvalue weighted by Gasteiger charge is -2.45. The lowest BCUT2D eigenvalue weighted by molar-refractivity contribution is 0.0878. The summed E-state index contributed by atoms with van der Waals surface area (Å²) in [4.78, 5) is 0. The Bertz CT molecular complexity index is 95.1. The van der Waals surface area contributed by atoms with Gasteiger partial charge in [0.2, 0.25) is 0 Å². The highest BCUT2D eigenvalue weighted by atomic mass is 14.9. The molecular formula is C8H15N. The van der Waals surface area contributed by atoms with Gasteiger partial charge >= 0.3 is 0 Å². The van der Waals surface area contributed by atoms with Crippen molar-refractivity contribution >= 4 is 0 Å². The number of nitrogens with one attached hydrogen (secondary N) is 1. The van der Waals surface area contributed by atoms with E-state index in [2.05, 4.69) is 12.4 Å². The summed E-state index contributed by atoms with van der Waals surface area (Å²) in [5.74, 6) is 2.20. The van der Waals surface area contributed by atoms with Crippen LogP contribution in [0.25, 0.3) is 0 Å². The van der Waals surface area contributed by atoms with E-state index >= 15 is 0 Å². The highest BCUT2D eigenvalue weighted by Gasteiger charge is 2.37. The smallest absolute Gasteiger partial charge is 0.00693 e. The summed E-state index contributed by atoms with van der Waals surface area (Å²) in [6, 6.07) is 0.863. The van der Waals surface area contributed by atoms with Crippen LogP contribution in [0.5, 0.6) is 0 Å². The normalized spacial score (nSPS) is 48.3. The van der Waals surface area contributed by atoms with Crippen molar-refractivity contribution in [3.8, 4) is 0 Å². The molecule has 0 aromatic heterocycles. The zero-order valence-electron chi connectivity index (χ0n) is 6.06. The number of rotatable bonds is 1. The predicted octanol–water partition coefficient (Wildman–Crippen LogP) is 1.39. The van der Waals surface area contributed by atoms with Gasteiger partial charge in [-0.3, -0.25) is 0 Å². The van der Waals surface area contributed by atoms with Crippen LogP contribution in [0.4, 0.5) is 0 Å². The van der Waals surface area contributed by atoms with Crippen LogP contribution >= 0.6 is 0 Å². The van der Waals surface area contributed by atoms with Crippen molar-refractivity contribution in [2.75, 3.05) is 7.05 Å². The van der Waals surface area contributed by atoms with E-state index in [0.29, 0.717) is 0 Å². The van der Waals surface area contributed by atoms with E-state index in [1.54, 1.807) is 0 Å². The van der Waals surface area contributed by atoms with Crippen LogP contribution in [0.15, 0.2) is 0 Å². The molecule has 0 aromatic rings. The fraction of sp³-hybridized carbons (Fsp3) is 1.00. The summed E-state index contributed by atoms with van der Waals surface area (Å²) >= 11 is 0. The molecular weight excluding hydrogens is 110 g/mol. The molecule has 3 fully saturated rings. The molecule has 0 aliphatic heterocycles.